The molecule has 1 aromatic rings. The summed E-state index contributed by atoms with van der Waals surface area (Å²) in [6, 6.07) is 6.88. The van der Waals surface area contributed by atoms with E-state index in [9.17, 15) is 9.59 Å². The van der Waals surface area contributed by atoms with Gasteiger partial charge in [-0.2, -0.15) is 0 Å². The highest BCUT2D eigenvalue weighted by Gasteiger charge is 2.24. The SMILES string of the molecule is CC(C)(CC(=O)O)NC(=O)c1ccc(Br)cc1. The lowest BCUT2D eigenvalue weighted by Crippen LogP contribution is -2.44. The summed E-state index contributed by atoms with van der Waals surface area (Å²) < 4.78 is 0.888. The summed E-state index contributed by atoms with van der Waals surface area (Å²) in [4.78, 5) is 22.5. The van der Waals surface area contributed by atoms with Gasteiger partial charge in [-0.05, 0) is 38.1 Å². The molecule has 0 bridgehead atoms. The van der Waals surface area contributed by atoms with Gasteiger partial charge in [-0.25, -0.2) is 0 Å². The van der Waals surface area contributed by atoms with Crippen LogP contribution in [0.2, 0.25) is 0 Å². The minimum atomic E-state index is -0.939. The number of amides is 1. The number of benzene rings is 1. The van der Waals surface area contributed by atoms with E-state index in [1.165, 1.54) is 0 Å². The average Bonchev–Trinajstić information content (AvgIpc) is 2.15. The van der Waals surface area contributed by atoms with Crippen LogP contribution in [0.25, 0.3) is 0 Å². The predicted molar refractivity (Wildman–Crippen MR) is 67.9 cm³/mol. The predicted octanol–water partition coefficient (Wildman–Crippen LogP) is 2.43. The van der Waals surface area contributed by atoms with Crippen LogP contribution in [-0.2, 0) is 4.79 Å². The smallest absolute Gasteiger partial charge is 0.305 e. The Kier molecular flexibility index (Phi) is 4.28. The van der Waals surface area contributed by atoms with Gasteiger partial charge in [-0.15, -0.1) is 0 Å². The molecule has 1 rings (SSSR count). The molecule has 0 unspecified atom stereocenters. The summed E-state index contributed by atoms with van der Waals surface area (Å²) in [6.07, 6.45) is -0.116. The molecule has 0 fully saturated rings. The van der Waals surface area contributed by atoms with Crippen molar-refractivity contribution in [3.63, 3.8) is 0 Å². The molecule has 0 aliphatic rings. The molecule has 17 heavy (non-hydrogen) atoms. The molecule has 0 atom stereocenters. The van der Waals surface area contributed by atoms with Gasteiger partial charge < -0.3 is 10.4 Å². The van der Waals surface area contributed by atoms with Crippen LogP contribution in [0, 0.1) is 0 Å². The van der Waals surface area contributed by atoms with E-state index >= 15 is 0 Å². The Morgan fingerprint density at radius 1 is 1.29 bits per heavy atom. The maximum Gasteiger partial charge on any atom is 0.305 e. The second-order valence-electron chi connectivity index (χ2n) is 4.42. The molecule has 2 N–H and O–H groups in total. The van der Waals surface area contributed by atoms with Crippen molar-refractivity contribution < 1.29 is 14.7 Å². The van der Waals surface area contributed by atoms with E-state index in [0.717, 1.165) is 4.47 Å². The van der Waals surface area contributed by atoms with Crippen LogP contribution in [0.15, 0.2) is 28.7 Å². The lowest BCUT2D eigenvalue weighted by Gasteiger charge is -2.24. The van der Waals surface area contributed by atoms with Crippen molar-refractivity contribution in [2.75, 3.05) is 0 Å². The molecule has 5 heteroatoms. The minimum Gasteiger partial charge on any atom is -0.481 e. The van der Waals surface area contributed by atoms with E-state index in [-0.39, 0.29) is 12.3 Å². The molecule has 0 aliphatic heterocycles. The number of hydrogen-bond acceptors (Lipinski definition) is 2. The van der Waals surface area contributed by atoms with E-state index < -0.39 is 11.5 Å². The number of halogens is 1. The first-order valence-electron chi connectivity index (χ1n) is 5.10. The van der Waals surface area contributed by atoms with Gasteiger partial charge in [0.2, 0.25) is 0 Å². The average molecular weight is 300 g/mol. The van der Waals surface area contributed by atoms with E-state index in [4.69, 9.17) is 5.11 Å². The fraction of sp³-hybridized carbons (Fsp3) is 0.333. The van der Waals surface area contributed by atoms with Gasteiger partial charge in [0.05, 0.1) is 6.42 Å². The van der Waals surface area contributed by atoms with Gasteiger partial charge in [0.15, 0.2) is 0 Å². The Labute approximate surface area is 108 Å². The summed E-state index contributed by atoms with van der Waals surface area (Å²) >= 11 is 3.28. The molecule has 0 saturated carbocycles. The van der Waals surface area contributed by atoms with E-state index in [1.807, 2.05) is 0 Å². The van der Waals surface area contributed by atoms with Crippen molar-refractivity contribution in [3.05, 3.63) is 34.3 Å². The zero-order valence-corrected chi connectivity index (χ0v) is 11.2. The first-order valence-corrected chi connectivity index (χ1v) is 5.89. The molecular weight excluding hydrogens is 286 g/mol. The number of aliphatic carboxylic acids is 1. The van der Waals surface area contributed by atoms with Gasteiger partial charge in [0.25, 0.3) is 5.91 Å². The van der Waals surface area contributed by atoms with Crippen LogP contribution in [-0.4, -0.2) is 22.5 Å². The number of carboxylic acid groups (broad SMARTS) is 1. The molecule has 1 amide bonds. The van der Waals surface area contributed by atoms with Crippen molar-refractivity contribution in [1.82, 2.24) is 5.32 Å². The van der Waals surface area contributed by atoms with Crippen molar-refractivity contribution >= 4 is 27.8 Å². The number of carboxylic acids is 1. The lowest BCUT2D eigenvalue weighted by atomic mass is 10.00. The lowest BCUT2D eigenvalue weighted by molar-refractivity contribution is -0.138. The quantitative estimate of drug-likeness (QED) is 0.897. The van der Waals surface area contributed by atoms with Gasteiger partial charge in [-0.1, -0.05) is 15.9 Å². The van der Waals surface area contributed by atoms with Gasteiger partial charge >= 0.3 is 5.97 Å². The summed E-state index contributed by atoms with van der Waals surface area (Å²) in [5.41, 5.74) is -0.262. The summed E-state index contributed by atoms with van der Waals surface area (Å²) in [5, 5.41) is 11.4. The van der Waals surface area contributed by atoms with Crippen LogP contribution in [0.1, 0.15) is 30.6 Å². The topological polar surface area (TPSA) is 66.4 Å². The highest BCUT2D eigenvalue weighted by molar-refractivity contribution is 9.10. The zero-order chi connectivity index (χ0) is 13.1. The van der Waals surface area contributed by atoms with Gasteiger partial charge in [0, 0.05) is 15.6 Å². The Bertz CT molecular complexity index is 426. The molecule has 0 aliphatic carbocycles. The third-order valence-electron chi connectivity index (χ3n) is 2.15. The number of nitrogens with one attached hydrogen (secondary N) is 1. The van der Waals surface area contributed by atoms with E-state index in [2.05, 4.69) is 21.2 Å². The molecule has 0 aromatic heterocycles. The van der Waals surface area contributed by atoms with Crippen molar-refractivity contribution in [1.29, 1.82) is 0 Å². The molecule has 0 spiro atoms. The van der Waals surface area contributed by atoms with Crippen LogP contribution in [0.4, 0.5) is 0 Å². The maximum absolute atomic E-state index is 11.8. The third kappa shape index (κ3) is 4.56. The van der Waals surface area contributed by atoms with Gasteiger partial charge in [-0.3, -0.25) is 9.59 Å². The highest BCUT2D eigenvalue weighted by Crippen LogP contribution is 2.13. The Morgan fingerprint density at radius 2 is 1.82 bits per heavy atom. The monoisotopic (exact) mass is 299 g/mol. The Morgan fingerprint density at radius 3 is 2.29 bits per heavy atom. The molecule has 0 radical (unpaired) electrons. The summed E-state index contributed by atoms with van der Waals surface area (Å²) in [7, 11) is 0. The second-order valence-corrected chi connectivity index (χ2v) is 5.33. The standard InChI is InChI=1S/C12H14BrNO3/c1-12(2,7-10(15)16)14-11(17)8-3-5-9(13)6-4-8/h3-6H,7H2,1-2H3,(H,14,17)(H,15,16). The van der Waals surface area contributed by atoms with Crippen molar-refractivity contribution in [2.45, 2.75) is 25.8 Å². The number of carbonyl (C=O) groups is 2. The Hall–Kier alpha value is -1.36. The van der Waals surface area contributed by atoms with E-state index in [0.29, 0.717) is 5.56 Å². The third-order valence-corrected chi connectivity index (χ3v) is 2.68. The zero-order valence-electron chi connectivity index (χ0n) is 9.66. The molecule has 1 aromatic carbocycles. The van der Waals surface area contributed by atoms with Gasteiger partial charge in [0.1, 0.15) is 0 Å². The number of carbonyl (C=O) groups excluding carboxylic acids is 1. The molecule has 0 heterocycles. The van der Waals surface area contributed by atoms with Crippen molar-refractivity contribution in [3.8, 4) is 0 Å². The molecule has 0 saturated heterocycles. The van der Waals surface area contributed by atoms with Crippen LogP contribution >= 0.6 is 15.9 Å². The van der Waals surface area contributed by atoms with Crippen molar-refractivity contribution in [2.24, 2.45) is 0 Å². The fourth-order valence-electron chi connectivity index (χ4n) is 1.40. The summed E-state index contributed by atoms with van der Waals surface area (Å²) in [6.45, 7) is 3.36. The summed E-state index contributed by atoms with van der Waals surface area (Å²) in [5.74, 6) is -1.21. The Balaban J connectivity index is 2.72. The van der Waals surface area contributed by atoms with Crippen LogP contribution in [0.5, 0.6) is 0 Å². The van der Waals surface area contributed by atoms with E-state index in [1.54, 1.807) is 38.1 Å². The van der Waals surface area contributed by atoms with Crippen LogP contribution < -0.4 is 5.32 Å². The fourth-order valence-corrected chi connectivity index (χ4v) is 1.67. The normalized spacial score (nSPS) is 11.0. The second kappa shape index (κ2) is 5.31. The number of hydrogen-bond donors (Lipinski definition) is 2. The molecular formula is C12H14BrNO3. The largest absolute Gasteiger partial charge is 0.481 e. The molecule has 92 valence electrons. The first kappa shape index (κ1) is 13.7. The molecule has 4 nitrogen and oxygen atoms in total. The highest BCUT2D eigenvalue weighted by atomic mass is 79.9. The van der Waals surface area contributed by atoms with Crippen LogP contribution in [0.3, 0.4) is 0 Å². The first-order chi connectivity index (χ1) is 7.80. The maximum atomic E-state index is 11.8. The number of rotatable bonds is 4. The minimum absolute atomic E-state index is 0.116.